The van der Waals surface area contributed by atoms with Gasteiger partial charge in [-0.25, -0.2) is 0 Å². The lowest BCUT2D eigenvalue weighted by Crippen LogP contribution is -2.40. The Morgan fingerprint density at radius 1 is 1.08 bits per heavy atom. The maximum atomic E-state index is 12.5. The van der Waals surface area contributed by atoms with Crippen LogP contribution in [0.5, 0.6) is 0 Å². The number of anilines is 1. The first-order valence-electron chi connectivity index (χ1n) is 8.21. The molecule has 1 aromatic heterocycles. The van der Waals surface area contributed by atoms with Gasteiger partial charge in [-0.1, -0.05) is 6.07 Å². The summed E-state index contributed by atoms with van der Waals surface area (Å²) in [7, 11) is 0. The summed E-state index contributed by atoms with van der Waals surface area (Å²) in [5.74, 6) is -0.888. The fraction of sp³-hybridized carbons (Fsp3) is 0.278. The molecule has 0 atom stereocenters. The van der Waals surface area contributed by atoms with E-state index in [0.717, 1.165) is 0 Å². The van der Waals surface area contributed by atoms with Crippen molar-refractivity contribution in [3.05, 3.63) is 54.0 Å². The van der Waals surface area contributed by atoms with Crippen LogP contribution in [0.15, 0.2) is 47.3 Å². The van der Waals surface area contributed by atoms with Gasteiger partial charge in [0.25, 0.3) is 11.8 Å². The van der Waals surface area contributed by atoms with Crippen LogP contribution in [-0.4, -0.2) is 55.5 Å². The number of hydrogen-bond donors (Lipinski definition) is 2. The quantitative estimate of drug-likeness (QED) is 0.835. The van der Waals surface area contributed by atoms with Crippen molar-refractivity contribution < 1.29 is 23.5 Å². The van der Waals surface area contributed by atoms with Gasteiger partial charge in [0.1, 0.15) is 6.26 Å². The Balaban J connectivity index is 1.55. The van der Waals surface area contributed by atoms with Gasteiger partial charge < -0.3 is 24.7 Å². The molecule has 136 valence electrons. The summed E-state index contributed by atoms with van der Waals surface area (Å²) in [6.07, 6.45) is 2.68. The van der Waals surface area contributed by atoms with E-state index in [1.54, 1.807) is 29.2 Å². The van der Waals surface area contributed by atoms with Gasteiger partial charge in [0.05, 0.1) is 31.6 Å². The third-order valence-electron chi connectivity index (χ3n) is 3.88. The average Bonchev–Trinajstić information content (AvgIpc) is 3.21. The van der Waals surface area contributed by atoms with Crippen molar-refractivity contribution in [1.82, 2.24) is 10.2 Å². The number of carbonyl (C=O) groups excluding carboxylic acids is 3. The van der Waals surface area contributed by atoms with Gasteiger partial charge in [0.15, 0.2) is 0 Å². The van der Waals surface area contributed by atoms with Gasteiger partial charge in [-0.05, 0) is 24.3 Å². The molecule has 1 aromatic carbocycles. The number of nitrogens with one attached hydrogen (secondary N) is 2. The molecular formula is C18H19N3O5. The highest BCUT2D eigenvalue weighted by atomic mass is 16.5. The molecule has 2 N–H and O–H groups in total. The Bertz CT molecular complexity index is 782. The molecule has 0 spiro atoms. The van der Waals surface area contributed by atoms with Crippen molar-refractivity contribution in [2.45, 2.75) is 0 Å². The van der Waals surface area contributed by atoms with Crippen LogP contribution in [0.25, 0.3) is 0 Å². The van der Waals surface area contributed by atoms with Crippen LogP contribution < -0.4 is 10.6 Å². The third-order valence-corrected chi connectivity index (χ3v) is 3.88. The van der Waals surface area contributed by atoms with Gasteiger partial charge in [-0.3, -0.25) is 14.4 Å². The van der Waals surface area contributed by atoms with Gasteiger partial charge in [-0.15, -0.1) is 0 Å². The molecule has 0 unspecified atom stereocenters. The van der Waals surface area contributed by atoms with Crippen molar-refractivity contribution in [2.75, 3.05) is 38.2 Å². The number of benzene rings is 1. The van der Waals surface area contributed by atoms with Crippen LogP contribution >= 0.6 is 0 Å². The second kappa shape index (κ2) is 8.30. The second-order valence-corrected chi connectivity index (χ2v) is 5.73. The number of nitrogens with zero attached hydrogens (tertiary/aromatic N) is 1. The molecular weight excluding hydrogens is 338 g/mol. The van der Waals surface area contributed by atoms with E-state index in [0.29, 0.717) is 43.1 Å². The van der Waals surface area contributed by atoms with Crippen molar-refractivity contribution in [1.29, 1.82) is 0 Å². The topological polar surface area (TPSA) is 101 Å². The number of hydrogen-bond acceptors (Lipinski definition) is 5. The minimum atomic E-state index is -0.398. The third kappa shape index (κ3) is 4.48. The number of rotatable bonds is 5. The molecule has 8 nitrogen and oxygen atoms in total. The number of morpholine rings is 1. The fourth-order valence-electron chi connectivity index (χ4n) is 2.54. The Kier molecular flexibility index (Phi) is 5.65. The molecule has 0 aliphatic carbocycles. The first-order chi connectivity index (χ1) is 12.6. The summed E-state index contributed by atoms with van der Waals surface area (Å²) in [6.45, 7) is 1.97. The summed E-state index contributed by atoms with van der Waals surface area (Å²) < 4.78 is 10.1. The number of ether oxygens (including phenoxy) is 1. The Morgan fingerprint density at radius 3 is 2.62 bits per heavy atom. The van der Waals surface area contributed by atoms with Crippen molar-refractivity contribution in [3.63, 3.8) is 0 Å². The van der Waals surface area contributed by atoms with Gasteiger partial charge in [-0.2, -0.15) is 0 Å². The summed E-state index contributed by atoms with van der Waals surface area (Å²) >= 11 is 0. The molecule has 26 heavy (non-hydrogen) atoms. The predicted octanol–water partition coefficient (Wildman–Crippen LogP) is 1.12. The van der Waals surface area contributed by atoms with Crippen molar-refractivity contribution in [2.24, 2.45) is 0 Å². The van der Waals surface area contributed by atoms with Crippen LogP contribution in [0.3, 0.4) is 0 Å². The van der Waals surface area contributed by atoms with E-state index < -0.39 is 11.8 Å². The standard InChI is InChI=1S/C18H19N3O5/c22-16(11-19-17(23)14-4-7-26-12-14)20-15-3-1-2-13(10-15)18(24)21-5-8-25-9-6-21/h1-4,7,10,12H,5-6,8-9,11H2,(H,19,23)(H,20,22). The molecule has 8 heteroatoms. The average molecular weight is 357 g/mol. The molecule has 3 amide bonds. The maximum absolute atomic E-state index is 12.5. The van der Waals surface area contributed by atoms with Gasteiger partial charge in [0, 0.05) is 24.3 Å². The summed E-state index contributed by atoms with van der Waals surface area (Å²) in [6, 6.07) is 8.22. The van der Waals surface area contributed by atoms with Crippen LogP contribution in [-0.2, 0) is 9.53 Å². The normalized spacial score (nSPS) is 13.9. The zero-order valence-electron chi connectivity index (χ0n) is 14.1. The van der Waals surface area contributed by atoms with E-state index >= 15 is 0 Å². The first-order valence-corrected chi connectivity index (χ1v) is 8.21. The smallest absolute Gasteiger partial charge is 0.254 e. The lowest BCUT2D eigenvalue weighted by molar-refractivity contribution is -0.115. The molecule has 2 heterocycles. The summed E-state index contributed by atoms with van der Waals surface area (Å²) in [5.41, 5.74) is 1.33. The zero-order chi connectivity index (χ0) is 18.4. The van der Waals surface area contributed by atoms with Gasteiger partial charge >= 0.3 is 0 Å². The monoisotopic (exact) mass is 357 g/mol. The highest BCUT2D eigenvalue weighted by Gasteiger charge is 2.19. The molecule has 0 saturated carbocycles. The van der Waals surface area contributed by atoms with E-state index in [9.17, 15) is 14.4 Å². The molecule has 3 rings (SSSR count). The van der Waals surface area contributed by atoms with Crippen LogP contribution in [0.1, 0.15) is 20.7 Å². The fourth-order valence-corrected chi connectivity index (χ4v) is 2.54. The largest absolute Gasteiger partial charge is 0.472 e. The first kappa shape index (κ1) is 17.7. The van der Waals surface area contributed by atoms with Crippen molar-refractivity contribution in [3.8, 4) is 0 Å². The highest BCUT2D eigenvalue weighted by molar-refractivity contribution is 6.00. The number of amides is 3. The molecule has 1 aliphatic rings. The summed E-state index contributed by atoms with van der Waals surface area (Å²) in [5, 5.41) is 5.16. The van der Waals surface area contributed by atoms with E-state index in [4.69, 9.17) is 9.15 Å². The molecule has 2 aromatic rings. The van der Waals surface area contributed by atoms with Crippen LogP contribution in [0.2, 0.25) is 0 Å². The minimum Gasteiger partial charge on any atom is -0.472 e. The molecule has 0 radical (unpaired) electrons. The number of furan rings is 1. The highest BCUT2D eigenvalue weighted by Crippen LogP contribution is 2.13. The predicted molar refractivity (Wildman–Crippen MR) is 92.8 cm³/mol. The number of carbonyl (C=O) groups is 3. The molecule has 1 fully saturated rings. The Labute approximate surface area is 150 Å². The van der Waals surface area contributed by atoms with E-state index in [-0.39, 0.29) is 12.5 Å². The molecule has 1 aliphatic heterocycles. The van der Waals surface area contributed by atoms with Crippen LogP contribution in [0.4, 0.5) is 5.69 Å². The zero-order valence-corrected chi connectivity index (χ0v) is 14.1. The van der Waals surface area contributed by atoms with E-state index in [1.165, 1.54) is 18.6 Å². The van der Waals surface area contributed by atoms with Crippen LogP contribution in [0, 0.1) is 0 Å². The second-order valence-electron chi connectivity index (χ2n) is 5.73. The summed E-state index contributed by atoms with van der Waals surface area (Å²) in [4.78, 5) is 38.0. The SMILES string of the molecule is O=C(CNC(=O)c1ccoc1)Nc1cccc(C(=O)N2CCOCC2)c1. The minimum absolute atomic E-state index is 0.0994. The molecule has 0 bridgehead atoms. The van der Waals surface area contributed by atoms with E-state index in [1.807, 2.05) is 0 Å². The van der Waals surface area contributed by atoms with Gasteiger partial charge in [0.2, 0.25) is 5.91 Å². The molecule has 1 saturated heterocycles. The van der Waals surface area contributed by atoms with E-state index in [2.05, 4.69) is 10.6 Å². The Hall–Kier alpha value is -3.13. The lowest BCUT2D eigenvalue weighted by Gasteiger charge is -2.27. The Morgan fingerprint density at radius 2 is 1.88 bits per heavy atom. The maximum Gasteiger partial charge on any atom is 0.254 e. The lowest BCUT2D eigenvalue weighted by atomic mass is 10.1. The van der Waals surface area contributed by atoms with Crippen molar-refractivity contribution >= 4 is 23.4 Å².